The summed E-state index contributed by atoms with van der Waals surface area (Å²) in [5.74, 6) is 1.62. The Bertz CT molecular complexity index is 1110. The van der Waals surface area contributed by atoms with Gasteiger partial charge in [-0.05, 0) is 45.3 Å². The number of aromatic nitrogens is 3. The van der Waals surface area contributed by atoms with E-state index in [1.165, 1.54) is 11.8 Å². The topological polar surface area (TPSA) is 72.4 Å². The van der Waals surface area contributed by atoms with E-state index in [9.17, 15) is 0 Å². The van der Waals surface area contributed by atoms with Crippen LogP contribution in [0.5, 0.6) is 11.5 Å². The Morgan fingerprint density at radius 3 is 2.31 bits per heavy atom. The van der Waals surface area contributed by atoms with E-state index in [4.69, 9.17) is 42.6 Å². The summed E-state index contributed by atoms with van der Waals surface area (Å²) in [7, 11) is 5.25. The minimum atomic E-state index is 0.302. The van der Waals surface area contributed by atoms with E-state index in [0.29, 0.717) is 49.8 Å². The van der Waals surface area contributed by atoms with Gasteiger partial charge in [-0.25, -0.2) is 15.0 Å². The molecule has 1 saturated heterocycles. The Hall–Kier alpha value is -2.00. The molecule has 7 nitrogen and oxygen atoms in total. The second-order valence-electron chi connectivity index (χ2n) is 7.66. The third kappa shape index (κ3) is 4.55. The van der Waals surface area contributed by atoms with Crippen LogP contribution in [-0.2, 0) is 0 Å². The number of piperidine rings is 1. The second-order valence-corrected chi connectivity index (χ2v) is 9.19. The maximum Gasteiger partial charge on any atom is 0.187 e. The third-order valence-corrected chi connectivity index (χ3v) is 6.93. The van der Waals surface area contributed by atoms with Crippen LogP contribution in [0.4, 0.5) is 5.82 Å². The Balaban J connectivity index is 1.88. The van der Waals surface area contributed by atoms with Gasteiger partial charge in [0.15, 0.2) is 11.0 Å². The van der Waals surface area contributed by atoms with Crippen molar-refractivity contribution in [3.8, 4) is 22.8 Å². The number of fused-ring (bicyclic) bond motifs is 1. The zero-order valence-corrected chi connectivity index (χ0v) is 20.7. The summed E-state index contributed by atoms with van der Waals surface area (Å²) >= 11 is 14.8. The summed E-state index contributed by atoms with van der Waals surface area (Å²) in [6.45, 7) is 2.07. The highest BCUT2D eigenvalue weighted by Gasteiger charge is 2.23. The van der Waals surface area contributed by atoms with E-state index in [1.807, 2.05) is 12.3 Å². The molecule has 0 bridgehead atoms. The van der Waals surface area contributed by atoms with Crippen molar-refractivity contribution in [3.05, 3.63) is 28.4 Å². The number of ether oxygens (including phenoxy) is 2. The van der Waals surface area contributed by atoms with Crippen LogP contribution in [0.3, 0.4) is 0 Å². The van der Waals surface area contributed by atoms with Crippen molar-refractivity contribution in [2.75, 3.05) is 45.9 Å². The molecule has 2 aromatic heterocycles. The first kappa shape index (κ1) is 23.2. The Morgan fingerprint density at radius 1 is 1.06 bits per heavy atom. The van der Waals surface area contributed by atoms with Gasteiger partial charge in [0.1, 0.15) is 17.0 Å². The number of thioether (sulfide) groups is 1. The third-order valence-electron chi connectivity index (χ3n) is 5.62. The second kappa shape index (κ2) is 9.87. The van der Waals surface area contributed by atoms with Crippen molar-refractivity contribution in [1.29, 1.82) is 0 Å². The van der Waals surface area contributed by atoms with Crippen molar-refractivity contribution in [2.45, 2.75) is 24.0 Å². The fraction of sp³-hybridized carbons (Fsp3) is 0.409. The molecule has 0 aliphatic carbocycles. The molecule has 3 heterocycles. The van der Waals surface area contributed by atoms with Crippen molar-refractivity contribution >= 4 is 51.7 Å². The highest BCUT2D eigenvalue weighted by Crippen LogP contribution is 2.46. The molecular formula is C22H25Cl2N5O2S. The number of hydrogen-bond donors (Lipinski definition) is 1. The number of likely N-dealkylation sites (tertiary alicyclic amines) is 1. The maximum absolute atomic E-state index is 6.67. The van der Waals surface area contributed by atoms with E-state index >= 15 is 0 Å². The van der Waals surface area contributed by atoms with Crippen molar-refractivity contribution in [3.63, 3.8) is 0 Å². The lowest BCUT2D eigenvalue weighted by Gasteiger charge is -2.30. The van der Waals surface area contributed by atoms with Gasteiger partial charge in [0.25, 0.3) is 0 Å². The molecule has 1 aromatic carbocycles. The molecule has 0 atom stereocenters. The summed E-state index contributed by atoms with van der Waals surface area (Å²) in [5, 5.41) is 5.90. The van der Waals surface area contributed by atoms with E-state index in [2.05, 4.69) is 22.2 Å². The van der Waals surface area contributed by atoms with Crippen molar-refractivity contribution in [2.24, 2.45) is 0 Å². The van der Waals surface area contributed by atoms with Gasteiger partial charge in [0.2, 0.25) is 0 Å². The van der Waals surface area contributed by atoms with Crippen LogP contribution >= 0.6 is 35.0 Å². The lowest BCUT2D eigenvalue weighted by molar-refractivity contribution is 0.264. The van der Waals surface area contributed by atoms with Gasteiger partial charge >= 0.3 is 0 Å². The Labute approximate surface area is 201 Å². The fourth-order valence-corrected chi connectivity index (χ4v) is 4.84. The van der Waals surface area contributed by atoms with Crippen LogP contribution in [0, 0.1) is 0 Å². The maximum atomic E-state index is 6.67. The largest absolute Gasteiger partial charge is 0.495 e. The zero-order valence-electron chi connectivity index (χ0n) is 18.4. The monoisotopic (exact) mass is 493 g/mol. The minimum absolute atomic E-state index is 0.302. The molecule has 1 aliphatic heterocycles. The number of nitrogens with one attached hydrogen (secondary N) is 1. The number of rotatable bonds is 6. The van der Waals surface area contributed by atoms with Crippen molar-refractivity contribution in [1.82, 2.24) is 19.9 Å². The van der Waals surface area contributed by atoms with E-state index in [-0.39, 0.29) is 0 Å². The molecule has 0 amide bonds. The minimum Gasteiger partial charge on any atom is -0.495 e. The summed E-state index contributed by atoms with van der Waals surface area (Å²) in [6, 6.07) is 3.86. The molecule has 1 N–H and O–H groups in total. The lowest BCUT2D eigenvalue weighted by Crippen LogP contribution is -2.37. The molecule has 1 fully saturated rings. The first-order valence-electron chi connectivity index (χ1n) is 10.2. The van der Waals surface area contributed by atoms with Gasteiger partial charge < -0.3 is 19.7 Å². The number of pyridine rings is 1. The fourth-order valence-electron chi connectivity index (χ4n) is 3.81. The molecule has 0 unspecified atom stereocenters. The Kier molecular flexibility index (Phi) is 7.14. The molecule has 1 aliphatic rings. The van der Waals surface area contributed by atoms with E-state index in [1.54, 1.807) is 26.5 Å². The molecule has 0 spiro atoms. The van der Waals surface area contributed by atoms with Crippen LogP contribution in [0.25, 0.3) is 22.2 Å². The molecule has 10 heteroatoms. The van der Waals surface area contributed by atoms with Crippen LogP contribution < -0.4 is 14.8 Å². The van der Waals surface area contributed by atoms with Crippen LogP contribution in [-0.4, -0.2) is 66.5 Å². The molecule has 0 radical (unpaired) electrons. The Morgan fingerprint density at radius 2 is 1.72 bits per heavy atom. The van der Waals surface area contributed by atoms with Gasteiger partial charge in [0.05, 0.1) is 30.0 Å². The smallest absolute Gasteiger partial charge is 0.187 e. The molecule has 0 saturated carbocycles. The first-order chi connectivity index (χ1) is 15.4. The lowest BCUT2D eigenvalue weighted by atomic mass is 10.0. The standard InChI is InChI=1S/C22H25Cl2N5O2S/c1-29-7-5-13(6-8-29)26-21-20-12(11-25-22(28-20)32-4)9-14(27-21)17-18(23)15(30-2)10-16(31-3)19(17)24/h9-11,13H,5-8H2,1-4H3,(H,26,27). The normalized spacial score (nSPS) is 15.2. The molecule has 3 aromatic rings. The van der Waals surface area contributed by atoms with Crippen LogP contribution in [0.1, 0.15) is 12.8 Å². The van der Waals surface area contributed by atoms with Gasteiger partial charge in [-0.2, -0.15) is 0 Å². The summed E-state index contributed by atoms with van der Waals surface area (Å²) in [4.78, 5) is 16.4. The molecular weight excluding hydrogens is 469 g/mol. The van der Waals surface area contributed by atoms with E-state index < -0.39 is 0 Å². The zero-order chi connectivity index (χ0) is 22.8. The number of hydrogen-bond acceptors (Lipinski definition) is 8. The number of methoxy groups -OCH3 is 2. The van der Waals surface area contributed by atoms with E-state index in [0.717, 1.165) is 36.8 Å². The predicted molar refractivity (Wildman–Crippen MR) is 132 cm³/mol. The van der Waals surface area contributed by atoms with Crippen LogP contribution in [0.15, 0.2) is 23.5 Å². The predicted octanol–water partition coefficient (Wildman–Crippen LogP) is 5.24. The quantitative estimate of drug-likeness (QED) is 0.368. The average Bonchev–Trinajstić information content (AvgIpc) is 2.80. The molecule has 170 valence electrons. The van der Waals surface area contributed by atoms with Gasteiger partial charge in [-0.15, -0.1) is 0 Å². The van der Waals surface area contributed by atoms with Gasteiger partial charge in [-0.1, -0.05) is 35.0 Å². The average molecular weight is 494 g/mol. The summed E-state index contributed by atoms with van der Waals surface area (Å²) in [5.41, 5.74) is 1.92. The first-order valence-corrected chi connectivity index (χ1v) is 12.2. The van der Waals surface area contributed by atoms with Gasteiger partial charge in [0, 0.05) is 29.3 Å². The summed E-state index contributed by atoms with van der Waals surface area (Å²) in [6.07, 6.45) is 5.81. The highest BCUT2D eigenvalue weighted by atomic mass is 35.5. The molecule has 32 heavy (non-hydrogen) atoms. The number of benzene rings is 1. The van der Waals surface area contributed by atoms with Crippen molar-refractivity contribution < 1.29 is 9.47 Å². The molecule has 4 rings (SSSR count). The van der Waals surface area contributed by atoms with Crippen LogP contribution in [0.2, 0.25) is 10.0 Å². The number of nitrogens with zero attached hydrogens (tertiary/aromatic N) is 4. The SMILES string of the molecule is COc1cc(OC)c(Cl)c(-c2cc3cnc(SC)nc3c(NC3CCN(C)CC3)n2)c1Cl. The number of halogens is 2. The number of anilines is 1. The van der Waals surface area contributed by atoms with Gasteiger partial charge in [-0.3, -0.25) is 0 Å². The highest BCUT2D eigenvalue weighted by molar-refractivity contribution is 7.98. The summed E-state index contributed by atoms with van der Waals surface area (Å²) < 4.78 is 10.9.